The third kappa shape index (κ3) is 3.73. The molecule has 13 heteroatoms. The molecule has 4 rings (SSSR count). The number of hydrogen-bond donors (Lipinski definition) is 0. The maximum absolute atomic E-state index is 10.8. The molecule has 0 radical (unpaired) electrons. The highest BCUT2D eigenvalue weighted by atomic mass is 16.6. The Kier molecular flexibility index (Phi) is 4.37. The summed E-state index contributed by atoms with van der Waals surface area (Å²) in [5.74, 6) is 0.240. The first-order valence-electron chi connectivity index (χ1n) is 7.84. The van der Waals surface area contributed by atoms with E-state index < -0.39 is 9.85 Å². The first kappa shape index (κ1) is 17.7. The lowest BCUT2D eigenvalue weighted by Crippen LogP contribution is -1.98. The molecule has 0 unspecified atom stereocenters. The number of fused-ring (bicyclic) bond motifs is 1. The van der Waals surface area contributed by atoms with E-state index in [1.165, 1.54) is 48.5 Å². The van der Waals surface area contributed by atoms with Crippen LogP contribution in [-0.2, 0) is 0 Å². The van der Waals surface area contributed by atoms with E-state index in [0.29, 0.717) is 0 Å². The van der Waals surface area contributed by atoms with Crippen LogP contribution >= 0.6 is 0 Å². The van der Waals surface area contributed by atoms with Gasteiger partial charge >= 0.3 is 0 Å². The molecule has 2 heterocycles. The molecule has 0 aliphatic heterocycles. The zero-order chi connectivity index (χ0) is 20.4. The number of ether oxygens (including phenoxy) is 2. The summed E-state index contributed by atoms with van der Waals surface area (Å²) in [4.78, 5) is 28.7. The molecule has 0 bridgehead atoms. The number of nitro groups is 2. The zero-order valence-corrected chi connectivity index (χ0v) is 14.2. The van der Waals surface area contributed by atoms with E-state index in [0.717, 1.165) is 0 Å². The summed E-state index contributed by atoms with van der Waals surface area (Å²) >= 11 is 0. The number of non-ortho nitro benzene ring substituents is 2. The van der Waals surface area contributed by atoms with Crippen LogP contribution in [0.5, 0.6) is 23.3 Å². The van der Waals surface area contributed by atoms with Crippen molar-refractivity contribution < 1.29 is 23.9 Å². The fraction of sp³-hybridized carbons (Fsp3) is 0. The quantitative estimate of drug-likeness (QED) is 0.345. The molecule has 0 aliphatic rings. The van der Waals surface area contributed by atoms with Crippen LogP contribution in [0.4, 0.5) is 11.4 Å². The molecule has 0 N–H and O–H groups in total. The van der Waals surface area contributed by atoms with Crippen LogP contribution in [-0.4, -0.2) is 30.1 Å². The summed E-state index contributed by atoms with van der Waals surface area (Å²) in [6.07, 6.45) is 0. The van der Waals surface area contributed by atoms with Crippen molar-refractivity contribution in [2.24, 2.45) is 0 Å². The zero-order valence-electron chi connectivity index (χ0n) is 14.2. The van der Waals surface area contributed by atoms with Gasteiger partial charge in [0.05, 0.1) is 9.85 Å². The third-order valence-corrected chi connectivity index (χ3v) is 3.58. The van der Waals surface area contributed by atoms with Gasteiger partial charge < -0.3 is 9.47 Å². The van der Waals surface area contributed by atoms with E-state index in [2.05, 4.69) is 24.9 Å². The lowest BCUT2D eigenvalue weighted by molar-refractivity contribution is -0.385. The van der Waals surface area contributed by atoms with Gasteiger partial charge in [-0.3, -0.25) is 20.2 Å². The first-order valence-corrected chi connectivity index (χ1v) is 7.84. The van der Waals surface area contributed by atoms with Gasteiger partial charge in [0.1, 0.15) is 11.5 Å². The number of rotatable bonds is 6. The van der Waals surface area contributed by atoms with E-state index in [1.54, 1.807) is 0 Å². The van der Waals surface area contributed by atoms with Crippen molar-refractivity contribution in [1.82, 2.24) is 20.3 Å². The van der Waals surface area contributed by atoms with E-state index in [1.807, 2.05) is 0 Å². The fourth-order valence-corrected chi connectivity index (χ4v) is 2.24. The standard InChI is InChI=1S/C16H8N6O7/c23-21(24)9-1-5-11(6-2-9)27-15-16(18-14-13(17-15)19-29-20-14)28-12-7-3-10(4-8-12)22(25)26/h1-8H. The Morgan fingerprint density at radius 3 is 1.41 bits per heavy atom. The maximum atomic E-state index is 10.8. The van der Waals surface area contributed by atoms with Gasteiger partial charge in [0.15, 0.2) is 0 Å². The molecule has 2 aromatic carbocycles. The Bertz CT molecular complexity index is 1110. The Hall–Kier alpha value is -4.68. The highest BCUT2D eigenvalue weighted by Gasteiger charge is 2.18. The summed E-state index contributed by atoms with van der Waals surface area (Å²) < 4.78 is 15.8. The highest BCUT2D eigenvalue weighted by molar-refractivity contribution is 5.65. The molecule has 2 aromatic heterocycles. The van der Waals surface area contributed by atoms with E-state index in [4.69, 9.17) is 9.47 Å². The van der Waals surface area contributed by atoms with Crippen LogP contribution in [0.2, 0.25) is 0 Å². The molecule has 0 saturated carbocycles. The smallest absolute Gasteiger partial charge is 0.286 e. The second-order valence-corrected chi connectivity index (χ2v) is 5.45. The van der Waals surface area contributed by atoms with Gasteiger partial charge in [0.25, 0.3) is 23.1 Å². The SMILES string of the molecule is O=[N+]([O-])c1ccc(Oc2nc3nonc3nc2Oc2ccc([N+](=O)[O-])cc2)cc1. The van der Waals surface area contributed by atoms with Gasteiger partial charge in [-0.25, -0.2) is 4.63 Å². The van der Waals surface area contributed by atoms with E-state index >= 15 is 0 Å². The number of hydrogen-bond acceptors (Lipinski definition) is 11. The number of nitro benzene ring substituents is 2. The van der Waals surface area contributed by atoms with Gasteiger partial charge in [-0.15, -0.1) is 0 Å². The summed E-state index contributed by atoms with van der Waals surface area (Å²) in [6, 6.07) is 10.5. The molecule has 4 aromatic rings. The molecule has 144 valence electrons. The monoisotopic (exact) mass is 396 g/mol. The fourth-order valence-electron chi connectivity index (χ4n) is 2.24. The number of nitrogens with zero attached hydrogens (tertiary/aromatic N) is 6. The Morgan fingerprint density at radius 2 is 1.07 bits per heavy atom. The third-order valence-electron chi connectivity index (χ3n) is 3.58. The van der Waals surface area contributed by atoms with Crippen LogP contribution in [0.3, 0.4) is 0 Å². The predicted molar refractivity (Wildman–Crippen MR) is 93.7 cm³/mol. The second kappa shape index (κ2) is 7.15. The van der Waals surface area contributed by atoms with Crippen LogP contribution in [0.15, 0.2) is 53.2 Å². The van der Waals surface area contributed by atoms with E-state index in [9.17, 15) is 20.2 Å². The molecule has 0 spiro atoms. The Labute approximate surface area is 159 Å². The van der Waals surface area contributed by atoms with Crippen molar-refractivity contribution in [3.05, 3.63) is 68.8 Å². The summed E-state index contributed by atoms with van der Waals surface area (Å²) in [5.41, 5.74) is -0.111. The first-order chi connectivity index (χ1) is 14.0. The van der Waals surface area contributed by atoms with Crippen molar-refractivity contribution in [3.8, 4) is 23.3 Å². The van der Waals surface area contributed by atoms with Crippen LogP contribution in [0.25, 0.3) is 11.3 Å². The average molecular weight is 396 g/mol. The minimum absolute atomic E-state index is 0.0537. The lowest BCUT2D eigenvalue weighted by atomic mass is 10.3. The van der Waals surface area contributed by atoms with Crippen molar-refractivity contribution in [2.75, 3.05) is 0 Å². The van der Waals surface area contributed by atoms with Crippen molar-refractivity contribution in [3.63, 3.8) is 0 Å². The highest BCUT2D eigenvalue weighted by Crippen LogP contribution is 2.33. The molecular formula is C16H8N6O7. The molecule has 0 aliphatic carbocycles. The second-order valence-electron chi connectivity index (χ2n) is 5.45. The summed E-state index contributed by atoms with van der Waals surface area (Å²) in [6.45, 7) is 0. The topological polar surface area (TPSA) is 169 Å². The van der Waals surface area contributed by atoms with Gasteiger partial charge in [-0.1, -0.05) is 0 Å². The van der Waals surface area contributed by atoms with Gasteiger partial charge in [-0.05, 0) is 34.6 Å². The normalized spacial score (nSPS) is 10.6. The van der Waals surface area contributed by atoms with Gasteiger partial charge in [0.2, 0.25) is 11.3 Å². The lowest BCUT2D eigenvalue weighted by Gasteiger charge is -2.09. The molecule has 0 amide bonds. The maximum Gasteiger partial charge on any atom is 0.286 e. The average Bonchev–Trinajstić information content (AvgIpc) is 3.16. The van der Waals surface area contributed by atoms with Crippen molar-refractivity contribution >= 4 is 22.7 Å². The molecule has 0 fully saturated rings. The molecular weight excluding hydrogens is 388 g/mol. The van der Waals surface area contributed by atoms with Crippen molar-refractivity contribution in [1.29, 1.82) is 0 Å². The largest absolute Gasteiger partial charge is 0.435 e. The Morgan fingerprint density at radius 1 is 0.690 bits per heavy atom. The van der Waals surface area contributed by atoms with Crippen LogP contribution in [0, 0.1) is 20.2 Å². The Balaban J connectivity index is 1.66. The molecule has 0 saturated heterocycles. The summed E-state index contributed by atoms with van der Waals surface area (Å²) in [5, 5.41) is 28.7. The van der Waals surface area contributed by atoms with Crippen LogP contribution < -0.4 is 9.47 Å². The molecule has 13 nitrogen and oxygen atoms in total. The minimum atomic E-state index is -0.542. The number of aromatic nitrogens is 4. The summed E-state index contributed by atoms with van der Waals surface area (Å²) in [7, 11) is 0. The molecule has 0 atom stereocenters. The van der Waals surface area contributed by atoms with E-state index in [-0.39, 0.29) is 45.9 Å². The van der Waals surface area contributed by atoms with Gasteiger partial charge in [0, 0.05) is 24.3 Å². The van der Waals surface area contributed by atoms with Gasteiger partial charge in [-0.2, -0.15) is 9.97 Å². The predicted octanol–water partition coefficient (Wildman–Crippen LogP) is 3.41. The van der Waals surface area contributed by atoms with Crippen LogP contribution in [0.1, 0.15) is 0 Å². The molecule has 29 heavy (non-hydrogen) atoms. The minimum Gasteiger partial charge on any atom is -0.435 e. The number of benzene rings is 2. The van der Waals surface area contributed by atoms with Crippen molar-refractivity contribution in [2.45, 2.75) is 0 Å².